The summed E-state index contributed by atoms with van der Waals surface area (Å²) in [6, 6.07) is 25.8. The smallest absolute Gasteiger partial charge is 0.255 e. The van der Waals surface area contributed by atoms with Crippen molar-refractivity contribution < 1.29 is 14.4 Å². The molecule has 0 unspecified atom stereocenters. The predicted molar refractivity (Wildman–Crippen MR) is 144 cm³/mol. The summed E-state index contributed by atoms with van der Waals surface area (Å²) in [7, 11) is 0. The molecular formula is C29H24ClN3O3. The Morgan fingerprint density at radius 3 is 1.86 bits per heavy atom. The van der Waals surface area contributed by atoms with Crippen molar-refractivity contribution in [2.45, 2.75) is 13.8 Å². The maximum Gasteiger partial charge on any atom is 0.255 e. The van der Waals surface area contributed by atoms with Crippen LogP contribution in [0.2, 0.25) is 5.02 Å². The van der Waals surface area contributed by atoms with E-state index in [4.69, 9.17) is 11.6 Å². The zero-order valence-electron chi connectivity index (χ0n) is 19.8. The lowest BCUT2D eigenvalue weighted by Gasteiger charge is -2.10. The van der Waals surface area contributed by atoms with Crippen LogP contribution < -0.4 is 16.0 Å². The normalized spacial score (nSPS) is 10.4. The third-order valence-corrected chi connectivity index (χ3v) is 5.74. The molecule has 180 valence electrons. The Labute approximate surface area is 214 Å². The molecule has 6 nitrogen and oxygen atoms in total. The molecule has 7 heteroatoms. The average molecular weight is 498 g/mol. The van der Waals surface area contributed by atoms with Gasteiger partial charge in [0.25, 0.3) is 17.7 Å². The number of carbonyl (C=O) groups excluding carboxylic acids is 3. The first-order valence-electron chi connectivity index (χ1n) is 11.3. The minimum atomic E-state index is -0.337. The van der Waals surface area contributed by atoms with E-state index in [-0.39, 0.29) is 17.7 Å². The summed E-state index contributed by atoms with van der Waals surface area (Å²) < 4.78 is 0. The van der Waals surface area contributed by atoms with E-state index in [2.05, 4.69) is 16.0 Å². The lowest BCUT2D eigenvalue weighted by molar-refractivity contribution is 0.101. The zero-order chi connectivity index (χ0) is 25.7. The van der Waals surface area contributed by atoms with E-state index in [1.807, 2.05) is 26.0 Å². The average Bonchev–Trinajstić information content (AvgIpc) is 2.86. The fourth-order valence-electron chi connectivity index (χ4n) is 3.60. The zero-order valence-corrected chi connectivity index (χ0v) is 20.5. The molecule has 0 heterocycles. The number of anilines is 3. The van der Waals surface area contributed by atoms with Crippen molar-refractivity contribution in [2.24, 2.45) is 0 Å². The van der Waals surface area contributed by atoms with E-state index in [0.29, 0.717) is 38.8 Å². The molecule has 3 amide bonds. The number of carbonyl (C=O) groups is 3. The first kappa shape index (κ1) is 24.7. The second kappa shape index (κ2) is 10.9. The highest BCUT2D eigenvalue weighted by Gasteiger charge is 2.12. The largest absolute Gasteiger partial charge is 0.322 e. The van der Waals surface area contributed by atoms with Crippen LogP contribution >= 0.6 is 11.6 Å². The Balaban J connectivity index is 1.39. The van der Waals surface area contributed by atoms with Gasteiger partial charge in [-0.3, -0.25) is 14.4 Å². The van der Waals surface area contributed by atoms with Gasteiger partial charge in [0.2, 0.25) is 0 Å². The number of rotatable bonds is 6. The van der Waals surface area contributed by atoms with Crippen LogP contribution in [0, 0.1) is 13.8 Å². The molecule has 4 aromatic carbocycles. The number of hydrogen-bond donors (Lipinski definition) is 3. The van der Waals surface area contributed by atoms with Gasteiger partial charge in [0, 0.05) is 38.8 Å². The van der Waals surface area contributed by atoms with Crippen molar-refractivity contribution in [3.05, 3.63) is 124 Å². The van der Waals surface area contributed by atoms with Crippen LogP contribution in [0.5, 0.6) is 0 Å². The molecule has 0 atom stereocenters. The first-order chi connectivity index (χ1) is 17.3. The van der Waals surface area contributed by atoms with Gasteiger partial charge in [0.05, 0.1) is 0 Å². The monoisotopic (exact) mass is 497 g/mol. The molecule has 0 spiro atoms. The second-order valence-corrected chi connectivity index (χ2v) is 8.79. The van der Waals surface area contributed by atoms with Gasteiger partial charge in [-0.25, -0.2) is 0 Å². The number of aryl methyl sites for hydroxylation is 2. The van der Waals surface area contributed by atoms with Gasteiger partial charge in [-0.1, -0.05) is 35.4 Å². The molecule has 0 bridgehead atoms. The summed E-state index contributed by atoms with van der Waals surface area (Å²) in [5.74, 6) is -0.857. The quantitative estimate of drug-likeness (QED) is 0.276. The molecule has 0 aliphatic rings. The molecule has 36 heavy (non-hydrogen) atoms. The summed E-state index contributed by atoms with van der Waals surface area (Å²) in [4.78, 5) is 37.9. The van der Waals surface area contributed by atoms with Gasteiger partial charge >= 0.3 is 0 Å². The fraction of sp³-hybridized carbons (Fsp3) is 0.0690. The lowest BCUT2D eigenvalue weighted by Crippen LogP contribution is -2.15. The van der Waals surface area contributed by atoms with Crippen molar-refractivity contribution in [3.63, 3.8) is 0 Å². The highest BCUT2D eigenvalue weighted by Crippen LogP contribution is 2.21. The lowest BCUT2D eigenvalue weighted by atomic mass is 10.1. The molecule has 4 aromatic rings. The van der Waals surface area contributed by atoms with E-state index in [1.165, 1.54) is 0 Å². The van der Waals surface area contributed by atoms with Crippen molar-refractivity contribution in [1.82, 2.24) is 0 Å². The van der Waals surface area contributed by atoms with Crippen molar-refractivity contribution in [1.29, 1.82) is 0 Å². The van der Waals surface area contributed by atoms with Crippen LogP contribution in [0.25, 0.3) is 0 Å². The summed E-state index contributed by atoms with van der Waals surface area (Å²) >= 11 is 5.97. The van der Waals surface area contributed by atoms with Crippen LogP contribution in [0.3, 0.4) is 0 Å². The molecule has 0 aliphatic heterocycles. The SMILES string of the molecule is Cc1cccc(C(=O)Nc2cccc(C(=O)Nc3ccc(C(=O)Nc4ccc(Cl)cc4C)cc3)c2)c1. The highest BCUT2D eigenvalue weighted by atomic mass is 35.5. The van der Waals surface area contributed by atoms with E-state index in [1.54, 1.807) is 78.9 Å². The number of benzene rings is 4. The first-order valence-corrected chi connectivity index (χ1v) is 11.6. The number of hydrogen-bond acceptors (Lipinski definition) is 3. The van der Waals surface area contributed by atoms with E-state index >= 15 is 0 Å². The molecule has 0 radical (unpaired) electrons. The maximum atomic E-state index is 12.8. The van der Waals surface area contributed by atoms with Crippen LogP contribution in [0.15, 0.2) is 91.0 Å². The minimum absolute atomic E-state index is 0.251. The Bertz CT molecular complexity index is 1450. The Morgan fingerprint density at radius 2 is 1.19 bits per heavy atom. The topological polar surface area (TPSA) is 87.3 Å². The molecule has 0 fully saturated rings. The van der Waals surface area contributed by atoms with E-state index in [9.17, 15) is 14.4 Å². The second-order valence-electron chi connectivity index (χ2n) is 8.35. The van der Waals surface area contributed by atoms with Crippen molar-refractivity contribution >= 4 is 46.4 Å². The van der Waals surface area contributed by atoms with Gasteiger partial charge in [0.1, 0.15) is 0 Å². The fourth-order valence-corrected chi connectivity index (χ4v) is 3.82. The maximum absolute atomic E-state index is 12.8. The Morgan fingerprint density at radius 1 is 0.583 bits per heavy atom. The minimum Gasteiger partial charge on any atom is -0.322 e. The third-order valence-electron chi connectivity index (χ3n) is 5.50. The van der Waals surface area contributed by atoms with E-state index < -0.39 is 0 Å². The third kappa shape index (κ3) is 6.17. The molecule has 4 rings (SSSR count). The summed E-state index contributed by atoms with van der Waals surface area (Å²) in [5, 5.41) is 9.09. The van der Waals surface area contributed by atoms with Crippen molar-refractivity contribution in [3.8, 4) is 0 Å². The summed E-state index contributed by atoms with van der Waals surface area (Å²) in [6.45, 7) is 3.78. The van der Waals surface area contributed by atoms with Crippen LogP contribution in [-0.4, -0.2) is 17.7 Å². The number of amides is 3. The molecule has 3 N–H and O–H groups in total. The van der Waals surface area contributed by atoms with Crippen LogP contribution in [0.4, 0.5) is 17.1 Å². The predicted octanol–water partition coefficient (Wildman–Crippen LogP) is 6.71. The van der Waals surface area contributed by atoms with Crippen LogP contribution in [0.1, 0.15) is 42.2 Å². The van der Waals surface area contributed by atoms with Crippen molar-refractivity contribution in [2.75, 3.05) is 16.0 Å². The number of nitrogens with one attached hydrogen (secondary N) is 3. The highest BCUT2D eigenvalue weighted by molar-refractivity contribution is 6.30. The molecule has 0 saturated carbocycles. The van der Waals surface area contributed by atoms with Gasteiger partial charge in [-0.05, 0) is 92.2 Å². The summed E-state index contributed by atoms with van der Waals surface area (Å²) in [6.07, 6.45) is 0. The van der Waals surface area contributed by atoms with Gasteiger partial charge < -0.3 is 16.0 Å². The molecule has 0 saturated heterocycles. The Hall–Kier alpha value is -4.42. The Kier molecular flexibility index (Phi) is 7.47. The van der Waals surface area contributed by atoms with Crippen LogP contribution in [-0.2, 0) is 0 Å². The van der Waals surface area contributed by atoms with Gasteiger partial charge in [-0.2, -0.15) is 0 Å². The van der Waals surface area contributed by atoms with Gasteiger partial charge in [0.15, 0.2) is 0 Å². The molecule has 0 aromatic heterocycles. The molecular weight excluding hydrogens is 474 g/mol. The van der Waals surface area contributed by atoms with Gasteiger partial charge in [-0.15, -0.1) is 0 Å². The standard InChI is InChI=1S/C29H24ClN3O3/c1-18-5-3-6-21(15-18)28(35)32-25-8-4-7-22(17-25)29(36)31-24-12-9-20(10-13-24)27(34)33-26-14-11-23(30)16-19(26)2/h3-17H,1-2H3,(H,31,36)(H,32,35)(H,33,34). The summed E-state index contributed by atoms with van der Waals surface area (Å²) in [5.41, 5.74) is 4.94. The number of halogens is 1. The van der Waals surface area contributed by atoms with E-state index in [0.717, 1.165) is 11.1 Å². The molecule has 0 aliphatic carbocycles.